The van der Waals surface area contributed by atoms with E-state index in [0.29, 0.717) is 22.4 Å². The lowest BCUT2D eigenvalue weighted by atomic mass is 9.74. The van der Waals surface area contributed by atoms with E-state index >= 15 is 0 Å². The molecule has 1 atom stereocenters. The summed E-state index contributed by atoms with van der Waals surface area (Å²) in [5, 5.41) is 6.88. The zero-order valence-corrected chi connectivity index (χ0v) is 13.6. The summed E-state index contributed by atoms with van der Waals surface area (Å²) in [5.74, 6) is 0.938. The highest BCUT2D eigenvalue weighted by Gasteiger charge is 2.37. The zero-order chi connectivity index (χ0) is 15.5. The van der Waals surface area contributed by atoms with Crippen molar-refractivity contribution in [3.63, 3.8) is 0 Å². The van der Waals surface area contributed by atoms with E-state index in [1.54, 1.807) is 25.3 Å². The molecule has 0 spiro atoms. The van der Waals surface area contributed by atoms with E-state index in [4.69, 9.17) is 16.3 Å². The number of ether oxygens (including phenoxy) is 1. The van der Waals surface area contributed by atoms with Crippen molar-refractivity contribution in [1.82, 2.24) is 5.32 Å². The second-order valence-electron chi connectivity index (χ2n) is 6.07. The van der Waals surface area contributed by atoms with E-state index < -0.39 is 5.41 Å². The van der Waals surface area contributed by atoms with E-state index in [1.165, 1.54) is 0 Å². The van der Waals surface area contributed by atoms with Crippen molar-refractivity contribution < 1.29 is 9.53 Å². The number of hydrogen-bond donors (Lipinski definition) is 2. The molecule has 21 heavy (non-hydrogen) atoms. The number of piperidine rings is 1. The molecule has 0 aromatic heterocycles. The van der Waals surface area contributed by atoms with E-state index in [9.17, 15) is 4.79 Å². The predicted octanol–water partition coefficient (Wildman–Crippen LogP) is 3.31. The molecular formula is C16H23ClN2O2. The molecule has 0 saturated carbocycles. The largest absolute Gasteiger partial charge is 0.495 e. The maximum absolute atomic E-state index is 12.6. The predicted molar refractivity (Wildman–Crippen MR) is 86.0 cm³/mol. The lowest BCUT2D eigenvalue weighted by Gasteiger charge is -2.36. The first-order chi connectivity index (χ1) is 9.95. The number of anilines is 1. The number of rotatable bonds is 4. The minimum atomic E-state index is -0.416. The fourth-order valence-corrected chi connectivity index (χ4v) is 2.88. The van der Waals surface area contributed by atoms with Gasteiger partial charge in [-0.1, -0.05) is 25.4 Å². The molecule has 1 unspecified atom stereocenters. The van der Waals surface area contributed by atoms with Crippen LogP contribution in [-0.4, -0.2) is 26.1 Å². The van der Waals surface area contributed by atoms with Crippen molar-refractivity contribution in [2.24, 2.45) is 11.3 Å². The number of hydrogen-bond acceptors (Lipinski definition) is 3. The van der Waals surface area contributed by atoms with Crippen LogP contribution in [0.1, 0.15) is 26.7 Å². The number of benzene rings is 1. The van der Waals surface area contributed by atoms with E-state index in [1.807, 2.05) is 13.8 Å². The van der Waals surface area contributed by atoms with Crippen LogP contribution in [0.4, 0.5) is 5.69 Å². The Hall–Kier alpha value is -1.26. The summed E-state index contributed by atoms with van der Waals surface area (Å²) in [6.07, 6.45) is 2.20. The third-order valence-corrected chi connectivity index (χ3v) is 4.62. The monoisotopic (exact) mass is 310 g/mol. The third-order valence-electron chi connectivity index (χ3n) is 4.31. The minimum Gasteiger partial charge on any atom is -0.495 e. The van der Waals surface area contributed by atoms with Gasteiger partial charge in [0, 0.05) is 17.2 Å². The topological polar surface area (TPSA) is 50.4 Å². The average Bonchev–Trinajstić information content (AvgIpc) is 2.50. The molecule has 1 aromatic rings. The lowest BCUT2D eigenvalue weighted by Crippen LogP contribution is -2.44. The standard InChI is InChI=1S/C16H23ClN2O2/c1-16(2,11-5-4-8-18-10-11)15(20)19-12-6-7-13(17)14(9-12)21-3/h6-7,9,11,18H,4-5,8,10H2,1-3H3,(H,19,20). The molecule has 2 rings (SSSR count). The smallest absolute Gasteiger partial charge is 0.230 e. The maximum atomic E-state index is 12.6. The molecule has 1 heterocycles. The third kappa shape index (κ3) is 3.69. The van der Waals surface area contributed by atoms with Gasteiger partial charge in [-0.05, 0) is 44.0 Å². The molecule has 116 valence electrons. The van der Waals surface area contributed by atoms with Crippen molar-refractivity contribution in [3.05, 3.63) is 23.2 Å². The summed E-state index contributed by atoms with van der Waals surface area (Å²) < 4.78 is 5.18. The van der Waals surface area contributed by atoms with Crippen LogP contribution < -0.4 is 15.4 Å². The molecule has 1 saturated heterocycles. The van der Waals surface area contributed by atoms with Gasteiger partial charge in [-0.3, -0.25) is 4.79 Å². The SMILES string of the molecule is COc1cc(NC(=O)C(C)(C)C2CCCNC2)ccc1Cl. The number of methoxy groups -OCH3 is 1. The van der Waals surface area contributed by atoms with Crippen LogP contribution >= 0.6 is 11.6 Å². The van der Waals surface area contributed by atoms with Gasteiger partial charge in [0.15, 0.2) is 0 Å². The number of halogens is 1. The van der Waals surface area contributed by atoms with Crippen LogP contribution in [0, 0.1) is 11.3 Å². The van der Waals surface area contributed by atoms with Gasteiger partial charge >= 0.3 is 0 Å². The molecule has 4 nitrogen and oxygen atoms in total. The summed E-state index contributed by atoms with van der Waals surface area (Å²) in [7, 11) is 1.56. The number of amides is 1. The van der Waals surface area contributed by atoms with E-state index in [-0.39, 0.29) is 5.91 Å². The summed E-state index contributed by atoms with van der Waals surface area (Å²) >= 11 is 6.00. The lowest BCUT2D eigenvalue weighted by molar-refractivity contribution is -0.127. The van der Waals surface area contributed by atoms with Crippen molar-refractivity contribution >= 4 is 23.2 Å². The van der Waals surface area contributed by atoms with Crippen LogP contribution in [0.15, 0.2) is 18.2 Å². The molecule has 0 bridgehead atoms. The van der Waals surface area contributed by atoms with Gasteiger partial charge in [0.05, 0.1) is 12.1 Å². The second kappa shape index (κ2) is 6.67. The van der Waals surface area contributed by atoms with Crippen LogP contribution in [-0.2, 0) is 4.79 Å². The Morgan fingerprint density at radius 2 is 2.24 bits per heavy atom. The van der Waals surface area contributed by atoms with Crippen LogP contribution in [0.3, 0.4) is 0 Å². The average molecular weight is 311 g/mol. The van der Waals surface area contributed by atoms with Crippen molar-refractivity contribution in [2.45, 2.75) is 26.7 Å². The Morgan fingerprint density at radius 3 is 2.86 bits per heavy atom. The molecule has 1 amide bonds. The summed E-state index contributed by atoms with van der Waals surface area (Å²) in [5.41, 5.74) is 0.290. The molecule has 1 aliphatic rings. The summed E-state index contributed by atoms with van der Waals surface area (Å²) in [6.45, 7) is 5.95. The molecule has 0 aliphatic carbocycles. The quantitative estimate of drug-likeness (QED) is 0.897. The first-order valence-corrected chi connectivity index (χ1v) is 7.68. The fourth-order valence-electron chi connectivity index (χ4n) is 2.68. The molecule has 0 radical (unpaired) electrons. The molecule has 1 aromatic carbocycles. The number of nitrogens with one attached hydrogen (secondary N) is 2. The Bertz CT molecular complexity index is 511. The first-order valence-electron chi connectivity index (χ1n) is 7.31. The first kappa shape index (κ1) is 16.1. The van der Waals surface area contributed by atoms with E-state index in [0.717, 1.165) is 25.9 Å². The Morgan fingerprint density at radius 1 is 1.48 bits per heavy atom. The Balaban J connectivity index is 2.09. The van der Waals surface area contributed by atoms with Crippen LogP contribution in [0.2, 0.25) is 5.02 Å². The number of carbonyl (C=O) groups is 1. The number of carbonyl (C=O) groups excluding carboxylic acids is 1. The Kier molecular flexibility index (Phi) is 5.12. The molecular weight excluding hydrogens is 288 g/mol. The van der Waals surface area contributed by atoms with Gasteiger partial charge in [-0.2, -0.15) is 0 Å². The molecule has 2 N–H and O–H groups in total. The van der Waals surface area contributed by atoms with Gasteiger partial charge < -0.3 is 15.4 Å². The molecule has 1 aliphatic heterocycles. The molecule has 1 fully saturated rings. The second-order valence-corrected chi connectivity index (χ2v) is 6.48. The van der Waals surface area contributed by atoms with Gasteiger partial charge in [0.25, 0.3) is 0 Å². The van der Waals surface area contributed by atoms with Gasteiger partial charge in [-0.25, -0.2) is 0 Å². The van der Waals surface area contributed by atoms with Gasteiger partial charge in [0.1, 0.15) is 5.75 Å². The normalized spacial score (nSPS) is 19.1. The summed E-state index contributed by atoms with van der Waals surface area (Å²) in [6, 6.07) is 5.26. The van der Waals surface area contributed by atoms with Gasteiger partial charge in [0.2, 0.25) is 5.91 Å². The fraction of sp³-hybridized carbons (Fsp3) is 0.562. The van der Waals surface area contributed by atoms with E-state index in [2.05, 4.69) is 10.6 Å². The van der Waals surface area contributed by atoms with Crippen molar-refractivity contribution in [1.29, 1.82) is 0 Å². The highest BCUT2D eigenvalue weighted by Crippen LogP contribution is 2.34. The van der Waals surface area contributed by atoms with Crippen LogP contribution in [0.5, 0.6) is 5.75 Å². The Labute approximate surface area is 131 Å². The maximum Gasteiger partial charge on any atom is 0.230 e. The van der Waals surface area contributed by atoms with Crippen LogP contribution in [0.25, 0.3) is 0 Å². The van der Waals surface area contributed by atoms with Crippen molar-refractivity contribution in [2.75, 3.05) is 25.5 Å². The van der Waals surface area contributed by atoms with Gasteiger partial charge in [-0.15, -0.1) is 0 Å². The highest BCUT2D eigenvalue weighted by atomic mass is 35.5. The minimum absolute atomic E-state index is 0.0283. The zero-order valence-electron chi connectivity index (χ0n) is 12.8. The highest BCUT2D eigenvalue weighted by molar-refractivity contribution is 6.32. The molecule has 5 heteroatoms. The summed E-state index contributed by atoms with van der Waals surface area (Å²) in [4.78, 5) is 12.6. The van der Waals surface area contributed by atoms with Crippen molar-refractivity contribution in [3.8, 4) is 5.75 Å².